The van der Waals surface area contributed by atoms with Crippen LogP contribution in [0.4, 0.5) is 18.9 Å². The Labute approximate surface area is 90.9 Å². The summed E-state index contributed by atoms with van der Waals surface area (Å²) in [4.78, 5) is 4.01. The highest BCUT2D eigenvalue weighted by molar-refractivity contribution is 5.59. The van der Waals surface area contributed by atoms with Crippen molar-refractivity contribution in [3.63, 3.8) is 0 Å². The normalized spacial score (nSPS) is 11.0. The minimum absolute atomic E-state index is 0.148. The SMILES string of the molecule is Cc1cc(NCC(F)(F)F)c(C#N)c(C)n1. The third kappa shape index (κ3) is 3.12. The van der Waals surface area contributed by atoms with Crippen LogP contribution in [0.5, 0.6) is 0 Å². The molecule has 0 saturated carbocycles. The molecule has 16 heavy (non-hydrogen) atoms. The molecule has 6 heteroatoms. The lowest BCUT2D eigenvalue weighted by Gasteiger charge is -2.12. The summed E-state index contributed by atoms with van der Waals surface area (Å²) in [5.74, 6) is 0. The number of pyridine rings is 1. The van der Waals surface area contributed by atoms with Gasteiger partial charge < -0.3 is 5.32 Å². The number of halogens is 3. The van der Waals surface area contributed by atoms with Crippen LogP contribution in [0.15, 0.2) is 6.07 Å². The van der Waals surface area contributed by atoms with E-state index in [0.29, 0.717) is 11.4 Å². The third-order valence-electron chi connectivity index (χ3n) is 1.92. The second-order valence-electron chi connectivity index (χ2n) is 3.35. The van der Waals surface area contributed by atoms with Gasteiger partial charge in [0.05, 0.1) is 16.9 Å². The number of hydrogen-bond donors (Lipinski definition) is 1. The zero-order valence-corrected chi connectivity index (χ0v) is 8.81. The topological polar surface area (TPSA) is 48.7 Å². The Bertz CT molecular complexity index is 432. The van der Waals surface area contributed by atoms with E-state index < -0.39 is 12.7 Å². The van der Waals surface area contributed by atoms with Crippen LogP contribution in [0.3, 0.4) is 0 Å². The van der Waals surface area contributed by atoms with Gasteiger partial charge in [-0.2, -0.15) is 18.4 Å². The first-order chi connectivity index (χ1) is 7.33. The largest absolute Gasteiger partial charge is 0.405 e. The summed E-state index contributed by atoms with van der Waals surface area (Å²) in [6.45, 7) is 2.09. The monoisotopic (exact) mass is 229 g/mol. The van der Waals surface area contributed by atoms with Gasteiger partial charge in [0, 0.05) is 5.69 Å². The maximum absolute atomic E-state index is 12.0. The van der Waals surface area contributed by atoms with Crippen LogP contribution >= 0.6 is 0 Å². The molecule has 0 unspecified atom stereocenters. The number of nitrogens with zero attached hydrogens (tertiary/aromatic N) is 2. The number of alkyl halides is 3. The molecule has 1 aromatic rings. The third-order valence-corrected chi connectivity index (χ3v) is 1.92. The zero-order valence-electron chi connectivity index (χ0n) is 8.81. The number of rotatable bonds is 2. The summed E-state index contributed by atoms with van der Waals surface area (Å²) in [6.07, 6.45) is -4.31. The molecule has 0 aliphatic heterocycles. The van der Waals surface area contributed by atoms with Crippen LogP contribution in [-0.4, -0.2) is 17.7 Å². The number of nitriles is 1. The van der Waals surface area contributed by atoms with Gasteiger partial charge in [-0.3, -0.25) is 4.98 Å². The van der Waals surface area contributed by atoms with E-state index in [2.05, 4.69) is 10.3 Å². The van der Waals surface area contributed by atoms with E-state index in [0.717, 1.165) is 0 Å². The highest BCUT2D eigenvalue weighted by Gasteiger charge is 2.27. The predicted molar refractivity (Wildman–Crippen MR) is 53.0 cm³/mol. The summed E-state index contributed by atoms with van der Waals surface area (Å²) in [7, 11) is 0. The maximum atomic E-state index is 12.0. The lowest BCUT2D eigenvalue weighted by molar-refractivity contribution is -0.115. The van der Waals surface area contributed by atoms with E-state index in [4.69, 9.17) is 5.26 Å². The highest BCUT2D eigenvalue weighted by Crippen LogP contribution is 2.21. The first-order valence-corrected chi connectivity index (χ1v) is 4.52. The first-order valence-electron chi connectivity index (χ1n) is 4.52. The van der Waals surface area contributed by atoms with E-state index in [1.54, 1.807) is 13.8 Å². The van der Waals surface area contributed by atoms with Gasteiger partial charge in [0.15, 0.2) is 0 Å². The Morgan fingerprint density at radius 2 is 2.06 bits per heavy atom. The lowest BCUT2D eigenvalue weighted by atomic mass is 10.1. The Morgan fingerprint density at radius 1 is 1.44 bits per heavy atom. The number of aromatic nitrogens is 1. The molecule has 0 fully saturated rings. The summed E-state index contributed by atoms with van der Waals surface area (Å²) in [5.41, 5.74) is 1.31. The van der Waals surface area contributed by atoms with Crippen molar-refractivity contribution in [2.45, 2.75) is 20.0 Å². The Hall–Kier alpha value is -1.77. The first kappa shape index (κ1) is 12.3. The van der Waals surface area contributed by atoms with Crippen molar-refractivity contribution in [2.75, 3.05) is 11.9 Å². The van der Waals surface area contributed by atoms with Gasteiger partial charge in [0.25, 0.3) is 0 Å². The number of hydrogen-bond acceptors (Lipinski definition) is 3. The average molecular weight is 229 g/mol. The van der Waals surface area contributed by atoms with Gasteiger partial charge in [0.1, 0.15) is 12.6 Å². The second kappa shape index (κ2) is 4.39. The summed E-state index contributed by atoms with van der Waals surface area (Å²) in [5, 5.41) is 11.0. The Kier molecular flexibility index (Phi) is 3.38. The van der Waals surface area contributed by atoms with Crippen molar-refractivity contribution in [2.24, 2.45) is 0 Å². The molecule has 1 aromatic heterocycles. The molecule has 86 valence electrons. The molecule has 0 amide bonds. The smallest absolute Gasteiger partial charge is 0.375 e. The quantitative estimate of drug-likeness (QED) is 0.847. The molecule has 3 nitrogen and oxygen atoms in total. The number of nitrogens with one attached hydrogen (secondary N) is 1. The fourth-order valence-electron chi connectivity index (χ4n) is 1.30. The van der Waals surface area contributed by atoms with Gasteiger partial charge in [-0.1, -0.05) is 0 Å². The molecule has 1 rings (SSSR count). The second-order valence-corrected chi connectivity index (χ2v) is 3.35. The molecule has 0 saturated heterocycles. The summed E-state index contributed by atoms with van der Waals surface area (Å²) in [6, 6.07) is 3.26. The molecular weight excluding hydrogens is 219 g/mol. The molecule has 0 atom stereocenters. The molecule has 0 aliphatic rings. The minimum Gasteiger partial charge on any atom is -0.375 e. The lowest BCUT2D eigenvalue weighted by Crippen LogP contribution is -2.22. The highest BCUT2D eigenvalue weighted by atomic mass is 19.4. The summed E-state index contributed by atoms with van der Waals surface area (Å²) < 4.78 is 36.1. The standard InChI is InChI=1S/C10H10F3N3/c1-6-3-9(15-5-10(11,12)13)8(4-14)7(2)16-6/h3H,5H2,1-2H3,(H,15,16). The van der Waals surface area contributed by atoms with Crippen LogP contribution in [0, 0.1) is 25.2 Å². The van der Waals surface area contributed by atoms with Gasteiger partial charge in [-0.05, 0) is 19.9 Å². The zero-order chi connectivity index (χ0) is 12.3. The maximum Gasteiger partial charge on any atom is 0.405 e. The van der Waals surface area contributed by atoms with Crippen LogP contribution < -0.4 is 5.32 Å². The Balaban J connectivity index is 3.00. The van der Waals surface area contributed by atoms with Crippen molar-refractivity contribution in [3.8, 4) is 6.07 Å². The molecule has 0 aliphatic carbocycles. The molecule has 0 spiro atoms. The molecule has 1 heterocycles. The predicted octanol–water partition coefficient (Wildman–Crippen LogP) is 2.54. The van der Waals surface area contributed by atoms with E-state index in [1.165, 1.54) is 6.07 Å². The van der Waals surface area contributed by atoms with Crippen LogP contribution in [-0.2, 0) is 0 Å². The van der Waals surface area contributed by atoms with Crippen LogP contribution in [0.2, 0.25) is 0 Å². The molecule has 0 bridgehead atoms. The fourth-order valence-corrected chi connectivity index (χ4v) is 1.30. The molecule has 1 N–H and O–H groups in total. The fraction of sp³-hybridized carbons (Fsp3) is 0.400. The summed E-state index contributed by atoms with van der Waals surface area (Å²) >= 11 is 0. The van der Waals surface area contributed by atoms with Crippen LogP contribution in [0.1, 0.15) is 17.0 Å². The van der Waals surface area contributed by atoms with E-state index >= 15 is 0 Å². The van der Waals surface area contributed by atoms with Gasteiger partial charge >= 0.3 is 6.18 Å². The van der Waals surface area contributed by atoms with E-state index in [-0.39, 0.29) is 11.3 Å². The van der Waals surface area contributed by atoms with Gasteiger partial charge in [-0.25, -0.2) is 0 Å². The molecule has 0 aromatic carbocycles. The van der Waals surface area contributed by atoms with Crippen molar-refractivity contribution in [1.82, 2.24) is 4.98 Å². The van der Waals surface area contributed by atoms with Crippen molar-refractivity contribution < 1.29 is 13.2 Å². The minimum atomic E-state index is -4.31. The van der Waals surface area contributed by atoms with E-state index in [1.807, 2.05) is 6.07 Å². The van der Waals surface area contributed by atoms with Crippen molar-refractivity contribution in [3.05, 3.63) is 23.0 Å². The number of aryl methyl sites for hydroxylation is 2. The average Bonchev–Trinajstić information content (AvgIpc) is 2.12. The van der Waals surface area contributed by atoms with Crippen molar-refractivity contribution >= 4 is 5.69 Å². The number of anilines is 1. The van der Waals surface area contributed by atoms with Gasteiger partial charge in [-0.15, -0.1) is 0 Å². The Morgan fingerprint density at radius 3 is 2.56 bits per heavy atom. The van der Waals surface area contributed by atoms with Crippen molar-refractivity contribution in [1.29, 1.82) is 5.26 Å². The molecule has 0 radical (unpaired) electrons. The van der Waals surface area contributed by atoms with Gasteiger partial charge in [0.2, 0.25) is 0 Å². The molecular formula is C10H10F3N3. The van der Waals surface area contributed by atoms with E-state index in [9.17, 15) is 13.2 Å². The van der Waals surface area contributed by atoms with Crippen LogP contribution in [0.25, 0.3) is 0 Å².